The van der Waals surface area contributed by atoms with Gasteiger partial charge in [-0.3, -0.25) is 0 Å². The van der Waals surface area contributed by atoms with Crippen molar-refractivity contribution in [2.45, 2.75) is 19.3 Å². The average Bonchev–Trinajstić information content (AvgIpc) is 2.04. The van der Waals surface area contributed by atoms with Crippen LogP contribution in [0.4, 0.5) is 0 Å². The second kappa shape index (κ2) is 4.03. The largest absolute Gasteiger partial charge is 0.384 e. The molecule has 1 rings (SSSR count). The van der Waals surface area contributed by atoms with Crippen molar-refractivity contribution in [1.29, 1.82) is 0 Å². The third kappa shape index (κ3) is 2.64. The van der Waals surface area contributed by atoms with Crippen LogP contribution in [0.5, 0.6) is 0 Å². The van der Waals surface area contributed by atoms with E-state index in [1.54, 1.807) is 13.3 Å². The Morgan fingerprint density at radius 3 is 2.77 bits per heavy atom. The molecule has 0 N–H and O–H groups in total. The lowest BCUT2D eigenvalue weighted by Crippen LogP contribution is -2.25. The molecule has 1 heterocycles. The van der Waals surface area contributed by atoms with Gasteiger partial charge in [-0.2, -0.15) is 0 Å². The average molecular weight is 201 g/mol. The molecule has 1 aromatic heterocycles. The highest BCUT2D eigenvalue weighted by Crippen LogP contribution is 2.21. The fourth-order valence-electron chi connectivity index (χ4n) is 1.15. The molecule has 0 bridgehead atoms. The molecule has 0 aliphatic heterocycles. The molecule has 0 aliphatic rings. The summed E-state index contributed by atoms with van der Waals surface area (Å²) in [7, 11) is 1.67. The maximum atomic E-state index is 5.69. The molecule has 0 unspecified atom stereocenters. The van der Waals surface area contributed by atoms with E-state index in [-0.39, 0.29) is 10.7 Å². The van der Waals surface area contributed by atoms with Crippen molar-refractivity contribution in [1.82, 2.24) is 9.97 Å². The van der Waals surface area contributed by atoms with Crippen LogP contribution in [0.1, 0.15) is 19.5 Å². The quantitative estimate of drug-likeness (QED) is 0.701. The zero-order valence-electron chi connectivity index (χ0n) is 8.04. The summed E-state index contributed by atoms with van der Waals surface area (Å²) in [5.74, 6) is 0. The minimum absolute atomic E-state index is 0.124. The van der Waals surface area contributed by atoms with Gasteiger partial charge in [0.25, 0.3) is 0 Å². The number of nitrogens with zero attached hydrogens (tertiary/aromatic N) is 2. The summed E-state index contributed by atoms with van der Waals surface area (Å²) in [5, 5.41) is 0.279. The zero-order chi connectivity index (χ0) is 9.90. The highest BCUT2D eigenvalue weighted by Gasteiger charge is 2.22. The number of ether oxygens (including phenoxy) is 1. The van der Waals surface area contributed by atoms with Gasteiger partial charge < -0.3 is 4.74 Å². The molecule has 0 saturated heterocycles. The van der Waals surface area contributed by atoms with Crippen molar-refractivity contribution in [2.24, 2.45) is 0 Å². The number of hydrogen-bond donors (Lipinski definition) is 0. The van der Waals surface area contributed by atoms with Gasteiger partial charge in [0.2, 0.25) is 5.28 Å². The Morgan fingerprint density at radius 1 is 1.54 bits per heavy atom. The van der Waals surface area contributed by atoms with Crippen LogP contribution in [0.2, 0.25) is 5.28 Å². The monoisotopic (exact) mass is 200 g/mol. The van der Waals surface area contributed by atoms with Crippen LogP contribution in [0.25, 0.3) is 0 Å². The molecular formula is C9H13ClN2O. The van der Waals surface area contributed by atoms with E-state index in [9.17, 15) is 0 Å². The van der Waals surface area contributed by atoms with E-state index in [1.807, 2.05) is 6.07 Å². The van der Waals surface area contributed by atoms with E-state index < -0.39 is 0 Å². The van der Waals surface area contributed by atoms with E-state index in [0.717, 1.165) is 5.69 Å². The van der Waals surface area contributed by atoms with Crippen molar-refractivity contribution in [2.75, 3.05) is 13.7 Å². The SMILES string of the molecule is COCC(C)(C)c1ccnc(Cl)n1. The zero-order valence-corrected chi connectivity index (χ0v) is 8.80. The fraction of sp³-hybridized carbons (Fsp3) is 0.556. The predicted molar refractivity (Wildman–Crippen MR) is 51.9 cm³/mol. The lowest BCUT2D eigenvalue weighted by molar-refractivity contribution is 0.144. The molecule has 0 atom stereocenters. The van der Waals surface area contributed by atoms with Crippen LogP contribution in [0.15, 0.2) is 12.3 Å². The van der Waals surface area contributed by atoms with Gasteiger partial charge in [0.15, 0.2) is 0 Å². The molecule has 0 fully saturated rings. The van der Waals surface area contributed by atoms with E-state index >= 15 is 0 Å². The third-order valence-electron chi connectivity index (χ3n) is 1.82. The molecule has 0 saturated carbocycles. The molecule has 72 valence electrons. The van der Waals surface area contributed by atoms with Gasteiger partial charge in [0.05, 0.1) is 12.3 Å². The fourth-order valence-corrected chi connectivity index (χ4v) is 1.29. The van der Waals surface area contributed by atoms with Crippen LogP contribution in [0, 0.1) is 0 Å². The summed E-state index contributed by atoms with van der Waals surface area (Å²) in [5.41, 5.74) is 0.774. The Hall–Kier alpha value is -0.670. The Morgan fingerprint density at radius 2 is 2.23 bits per heavy atom. The van der Waals surface area contributed by atoms with Gasteiger partial charge in [0.1, 0.15) is 0 Å². The Bertz CT molecular complexity index is 289. The smallest absolute Gasteiger partial charge is 0.222 e. The van der Waals surface area contributed by atoms with Crippen molar-refractivity contribution >= 4 is 11.6 Å². The standard InChI is InChI=1S/C9H13ClN2O/c1-9(2,6-13-3)7-4-5-11-8(10)12-7/h4-5H,6H2,1-3H3. The van der Waals surface area contributed by atoms with Crippen LogP contribution in [-0.4, -0.2) is 23.7 Å². The van der Waals surface area contributed by atoms with E-state index in [1.165, 1.54) is 0 Å². The molecule has 0 aromatic carbocycles. The highest BCUT2D eigenvalue weighted by molar-refractivity contribution is 6.28. The minimum atomic E-state index is -0.124. The second-order valence-corrected chi connectivity index (χ2v) is 3.87. The topological polar surface area (TPSA) is 35.0 Å². The molecule has 4 heteroatoms. The molecule has 0 amide bonds. The van der Waals surface area contributed by atoms with Crippen molar-refractivity contribution in [3.8, 4) is 0 Å². The van der Waals surface area contributed by atoms with Gasteiger partial charge in [-0.05, 0) is 17.7 Å². The normalized spacial score (nSPS) is 11.7. The molecule has 0 radical (unpaired) electrons. The van der Waals surface area contributed by atoms with Crippen LogP contribution >= 0.6 is 11.6 Å². The number of rotatable bonds is 3. The Labute approximate surface area is 83.1 Å². The van der Waals surface area contributed by atoms with Crippen molar-refractivity contribution < 1.29 is 4.74 Å². The molecule has 1 aromatic rings. The van der Waals surface area contributed by atoms with Crippen molar-refractivity contribution in [3.63, 3.8) is 0 Å². The first-order chi connectivity index (χ1) is 6.06. The molecule has 0 spiro atoms. The van der Waals surface area contributed by atoms with Crippen LogP contribution in [0.3, 0.4) is 0 Å². The summed E-state index contributed by atoms with van der Waals surface area (Å²) in [6.07, 6.45) is 1.65. The van der Waals surface area contributed by atoms with Crippen molar-refractivity contribution in [3.05, 3.63) is 23.2 Å². The molecule has 0 aliphatic carbocycles. The number of aromatic nitrogens is 2. The van der Waals surface area contributed by atoms with Gasteiger partial charge in [-0.1, -0.05) is 13.8 Å². The lowest BCUT2D eigenvalue weighted by atomic mass is 9.90. The second-order valence-electron chi connectivity index (χ2n) is 3.53. The van der Waals surface area contributed by atoms with Gasteiger partial charge >= 0.3 is 0 Å². The summed E-state index contributed by atoms with van der Waals surface area (Å²) >= 11 is 5.69. The van der Waals surface area contributed by atoms with Gasteiger partial charge in [0, 0.05) is 18.7 Å². The lowest BCUT2D eigenvalue weighted by Gasteiger charge is -2.22. The van der Waals surface area contributed by atoms with Gasteiger partial charge in [-0.15, -0.1) is 0 Å². The third-order valence-corrected chi connectivity index (χ3v) is 2.01. The minimum Gasteiger partial charge on any atom is -0.384 e. The van der Waals surface area contributed by atoms with E-state index in [2.05, 4.69) is 23.8 Å². The Kier molecular flexibility index (Phi) is 3.22. The predicted octanol–water partition coefficient (Wildman–Crippen LogP) is 2.05. The summed E-state index contributed by atoms with van der Waals surface area (Å²) < 4.78 is 5.10. The maximum Gasteiger partial charge on any atom is 0.222 e. The van der Waals surface area contributed by atoms with Crippen LogP contribution in [-0.2, 0) is 10.2 Å². The first-order valence-corrected chi connectivity index (χ1v) is 4.42. The first-order valence-electron chi connectivity index (χ1n) is 4.04. The molecular weight excluding hydrogens is 188 g/mol. The maximum absolute atomic E-state index is 5.69. The summed E-state index contributed by atoms with van der Waals surface area (Å²) in [6.45, 7) is 4.71. The first kappa shape index (κ1) is 10.4. The highest BCUT2D eigenvalue weighted by atomic mass is 35.5. The Balaban J connectivity index is 2.93. The summed E-state index contributed by atoms with van der Waals surface area (Å²) in [4.78, 5) is 7.96. The van der Waals surface area contributed by atoms with E-state index in [0.29, 0.717) is 6.61 Å². The number of methoxy groups -OCH3 is 1. The van der Waals surface area contributed by atoms with Crippen LogP contribution < -0.4 is 0 Å². The van der Waals surface area contributed by atoms with E-state index in [4.69, 9.17) is 16.3 Å². The number of halogens is 1. The number of hydrogen-bond acceptors (Lipinski definition) is 3. The molecule has 3 nitrogen and oxygen atoms in total. The molecule has 13 heavy (non-hydrogen) atoms. The van der Waals surface area contributed by atoms with Gasteiger partial charge in [-0.25, -0.2) is 9.97 Å². The summed E-state index contributed by atoms with van der Waals surface area (Å²) in [6, 6.07) is 1.85.